The van der Waals surface area contributed by atoms with Crippen LogP contribution in [0.2, 0.25) is 0 Å². The molecule has 0 saturated carbocycles. The Kier molecular flexibility index (Phi) is 2.88. The van der Waals surface area contributed by atoms with Gasteiger partial charge in [-0.2, -0.15) is 0 Å². The summed E-state index contributed by atoms with van der Waals surface area (Å²) in [6.07, 6.45) is 0.907. The molecule has 0 bridgehead atoms. The van der Waals surface area contributed by atoms with Crippen LogP contribution in [0.1, 0.15) is 34.6 Å². The van der Waals surface area contributed by atoms with Crippen LogP contribution in [0.5, 0.6) is 0 Å². The fourth-order valence-corrected chi connectivity index (χ4v) is 1.05. The van der Waals surface area contributed by atoms with Crippen LogP contribution in [-0.2, 0) is 4.79 Å². The van der Waals surface area contributed by atoms with E-state index in [-0.39, 0.29) is 11.6 Å². The molecule has 2 heteroatoms. The zero-order chi connectivity index (χ0) is 8.36. The van der Waals surface area contributed by atoms with Gasteiger partial charge in [-0.15, -0.1) is 0 Å². The van der Waals surface area contributed by atoms with Gasteiger partial charge in [0.05, 0.1) is 0 Å². The molecule has 0 radical (unpaired) electrons. The van der Waals surface area contributed by atoms with E-state index < -0.39 is 0 Å². The van der Waals surface area contributed by atoms with Crippen LogP contribution in [0.3, 0.4) is 0 Å². The molecule has 0 N–H and O–H groups in total. The van der Waals surface area contributed by atoms with Gasteiger partial charge >= 0.3 is 0 Å². The highest BCUT2D eigenvalue weighted by Crippen LogP contribution is 2.13. The maximum absolute atomic E-state index is 10.5. The summed E-state index contributed by atoms with van der Waals surface area (Å²) in [4.78, 5) is 12.3. The number of amides is 1. The minimum absolute atomic E-state index is 0.0457. The van der Waals surface area contributed by atoms with Crippen LogP contribution >= 0.6 is 0 Å². The second kappa shape index (κ2) is 3.04. The summed E-state index contributed by atoms with van der Waals surface area (Å²) in [5, 5.41) is 0. The molecular formula is C8H17NO. The van der Waals surface area contributed by atoms with Crippen LogP contribution in [-0.4, -0.2) is 22.9 Å². The van der Waals surface area contributed by atoms with E-state index in [2.05, 4.69) is 0 Å². The molecule has 0 unspecified atom stereocenters. The molecule has 60 valence electrons. The van der Waals surface area contributed by atoms with Gasteiger partial charge in [0.1, 0.15) is 0 Å². The number of nitrogens with zero attached hydrogens (tertiary/aromatic N) is 1. The Labute approximate surface area is 63.2 Å². The predicted molar refractivity (Wildman–Crippen MR) is 42.8 cm³/mol. The van der Waals surface area contributed by atoms with Crippen molar-refractivity contribution in [2.75, 3.05) is 0 Å². The molecule has 0 fully saturated rings. The number of carbonyl (C=O) groups is 1. The third-order valence-electron chi connectivity index (χ3n) is 1.44. The lowest BCUT2D eigenvalue weighted by Crippen LogP contribution is -2.44. The van der Waals surface area contributed by atoms with Gasteiger partial charge in [-0.05, 0) is 34.6 Å². The molecular weight excluding hydrogens is 126 g/mol. The summed E-state index contributed by atoms with van der Waals surface area (Å²) >= 11 is 0. The largest absolute Gasteiger partial charge is 0.338 e. The summed E-state index contributed by atoms with van der Waals surface area (Å²) < 4.78 is 0. The molecule has 0 rings (SSSR count). The Morgan fingerprint density at radius 1 is 1.30 bits per heavy atom. The monoisotopic (exact) mass is 143 g/mol. The first-order valence-corrected chi connectivity index (χ1v) is 3.63. The number of hydrogen-bond acceptors (Lipinski definition) is 1. The first-order chi connectivity index (χ1) is 4.39. The molecule has 1 amide bonds. The molecule has 0 aliphatic carbocycles. The van der Waals surface area contributed by atoms with Crippen molar-refractivity contribution in [3.05, 3.63) is 0 Å². The third kappa shape index (κ3) is 2.38. The molecule has 0 heterocycles. The van der Waals surface area contributed by atoms with Crippen molar-refractivity contribution in [2.45, 2.75) is 46.2 Å². The summed E-state index contributed by atoms with van der Waals surface area (Å²) in [6.45, 7) is 10.1. The molecule has 0 aromatic carbocycles. The fraction of sp³-hybridized carbons (Fsp3) is 0.875. The summed E-state index contributed by atoms with van der Waals surface area (Å²) in [7, 11) is 0. The molecule has 0 saturated heterocycles. The van der Waals surface area contributed by atoms with Gasteiger partial charge < -0.3 is 4.90 Å². The normalized spacial score (nSPS) is 11.8. The van der Waals surface area contributed by atoms with E-state index >= 15 is 0 Å². The Morgan fingerprint density at radius 2 is 1.70 bits per heavy atom. The molecule has 0 atom stereocenters. The molecule has 0 aromatic heterocycles. The zero-order valence-electron chi connectivity index (χ0n) is 7.51. The molecule has 2 nitrogen and oxygen atoms in total. The van der Waals surface area contributed by atoms with Crippen molar-refractivity contribution < 1.29 is 4.79 Å². The summed E-state index contributed by atoms with van der Waals surface area (Å²) in [6, 6.07) is 0.289. The number of carbonyl (C=O) groups excluding carboxylic acids is 1. The van der Waals surface area contributed by atoms with E-state index in [0.29, 0.717) is 0 Å². The third-order valence-corrected chi connectivity index (χ3v) is 1.44. The number of hydrogen-bond donors (Lipinski definition) is 0. The zero-order valence-corrected chi connectivity index (χ0v) is 7.51. The molecule has 0 aliphatic rings. The highest BCUT2D eigenvalue weighted by atomic mass is 16.1. The van der Waals surface area contributed by atoms with Crippen LogP contribution in [0, 0.1) is 0 Å². The van der Waals surface area contributed by atoms with Crippen LogP contribution in [0.25, 0.3) is 0 Å². The van der Waals surface area contributed by atoms with Crippen molar-refractivity contribution in [2.24, 2.45) is 0 Å². The highest BCUT2D eigenvalue weighted by Gasteiger charge is 2.21. The molecule has 0 aromatic rings. The quantitative estimate of drug-likeness (QED) is 0.538. The van der Waals surface area contributed by atoms with Gasteiger partial charge in [0, 0.05) is 11.6 Å². The Bertz CT molecular complexity index is 113. The Hall–Kier alpha value is -0.530. The second-order valence-electron chi connectivity index (χ2n) is 3.78. The van der Waals surface area contributed by atoms with Gasteiger partial charge in [0.2, 0.25) is 6.41 Å². The lowest BCUT2D eigenvalue weighted by molar-refractivity contribution is -0.124. The van der Waals surface area contributed by atoms with Crippen molar-refractivity contribution in [1.82, 2.24) is 4.90 Å². The van der Waals surface area contributed by atoms with E-state index in [4.69, 9.17) is 0 Å². The lowest BCUT2D eigenvalue weighted by Gasteiger charge is -2.35. The first kappa shape index (κ1) is 9.47. The minimum Gasteiger partial charge on any atom is -0.338 e. The Morgan fingerprint density at radius 3 is 1.70 bits per heavy atom. The summed E-state index contributed by atoms with van der Waals surface area (Å²) in [5.41, 5.74) is -0.0457. The van der Waals surface area contributed by atoms with E-state index in [0.717, 1.165) is 6.41 Å². The molecule has 10 heavy (non-hydrogen) atoms. The van der Waals surface area contributed by atoms with Crippen molar-refractivity contribution >= 4 is 6.41 Å². The minimum atomic E-state index is -0.0457. The van der Waals surface area contributed by atoms with Crippen LogP contribution in [0.4, 0.5) is 0 Å². The Balaban J connectivity index is 4.21. The predicted octanol–water partition coefficient (Wildman–Crippen LogP) is 1.65. The SMILES string of the molecule is CC(C)N(C=O)C(C)(C)C. The summed E-state index contributed by atoms with van der Waals surface area (Å²) in [5.74, 6) is 0. The first-order valence-electron chi connectivity index (χ1n) is 3.63. The van der Waals surface area contributed by atoms with E-state index in [1.54, 1.807) is 4.90 Å². The van der Waals surface area contributed by atoms with Gasteiger partial charge in [0.15, 0.2) is 0 Å². The number of rotatable bonds is 2. The smallest absolute Gasteiger partial charge is 0.210 e. The maximum atomic E-state index is 10.5. The lowest BCUT2D eigenvalue weighted by atomic mass is 10.1. The second-order valence-corrected chi connectivity index (χ2v) is 3.78. The molecule has 0 spiro atoms. The van der Waals surface area contributed by atoms with Crippen LogP contribution < -0.4 is 0 Å². The van der Waals surface area contributed by atoms with Crippen molar-refractivity contribution in [1.29, 1.82) is 0 Å². The van der Waals surface area contributed by atoms with Gasteiger partial charge in [-0.3, -0.25) is 4.79 Å². The van der Waals surface area contributed by atoms with Gasteiger partial charge in [0.25, 0.3) is 0 Å². The molecule has 0 aliphatic heterocycles. The van der Waals surface area contributed by atoms with Crippen LogP contribution in [0.15, 0.2) is 0 Å². The highest BCUT2D eigenvalue weighted by molar-refractivity contribution is 5.49. The average Bonchev–Trinajstić information content (AvgIpc) is 1.60. The van der Waals surface area contributed by atoms with E-state index in [1.807, 2.05) is 34.6 Å². The van der Waals surface area contributed by atoms with E-state index in [1.165, 1.54) is 0 Å². The van der Waals surface area contributed by atoms with Crippen molar-refractivity contribution in [3.8, 4) is 0 Å². The van der Waals surface area contributed by atoms with E-state index in [9.17, 15) is 4.79 Å². The standard InChI is InChI=1S/C8H17NO/c1-7(2)9(6-10)8(3,4)5/h6-7H,1-5H3. The topological polar surface area (TPSA) is 20.3 Å². The van der Waals surface area contributed by atoms with Gasteiger partial charge in [-0.1, -0.05) is 0 Å². The van der Waals surface area contributed by atoms with Gasteiger partial charge in [-0.25, -0.2) is 0 Å². The average molecular weight is 143 g/mol. The fourth-order valence-electron chi connectivity index (χ4n) is 1.05. The maximum Gasteiger partial charge on any atom is 0.210 e. The van der Waals surface area contributed by atoms with Crippen molar-refractivity contribution in [3.63, 3.8) is 0 Å².